The third-order valence-corrected chi connectivity index (χ3v) is 9.78. The summed E-state index contributed by atoms with van der Waals surface area (Å²) in [5.41, 5.74) is 8.37. The number of rotatable bonds is 12. The van der Waals surface area contributed by atoms with Crippen molar-refractivity contribution in [2.45, 2.75) is 84.0 Å². The second-order valence-electron chi connectivity index (χ2n) is 8.80. The van der Waals surface area contributed by atoms with Gasteiger partial charge in [0, 0.05) is 0 Å². The van der Waals surface area contributed by atoms with Gasteiger partial charge in [0.2, 0.25) is 0 Å². The normalized spacial score (nSPS) is 11.6. The van der Waals surface area contributed by atoms with E-state index in [-0.39, 0.29) is 0 Å². The van der Waals surface area contributed by atoms with E-state index in [2.05, 4.69) is 92.2 Å². The Morgan fingerprint density at radius 2 is 1.06 bits per heavy atom. The molecular formula is C30H41ClN2Pd. The number of hydrogen-bond acceptors (Lipinski definition) is 0. The number of para-hydroxylation sites is 2. The maximum absolute atomic E-state index is 7.28. The monoisotopic (exact) mass is 570 g/mol. The van der Waals surface area contributed by atoms with Crippen molar-refractivity contribution in [3.05, 3.63) is 87.6 Å². The van der Waals surface area contributed by atoms with Crippen LogP contribution in [0.2, 0.25) is 4.89 Å². The van der Waals surface area contributed by atoms with Crippen molar-refractivity contribution in [1.29, 1.82) is 0 Å². The summed E-state index contributed by atoms with van der Waals surface area (Å²) in [4.78, 5) is 0.843. The van der Waals surface area contributed by atoms with Gasteiger partial charge in [-0.1, -0.05) is 0 Å². The standard InChI is InChI=1S/C27H36N2.C3H5.ClH.Pd/c1-5-11-22-15-9-16-23(12-6-2)26(22)28-19-20-29(21-28)27-24(13-7-3)17-10-18-25(27)14-8-4;1-3-2;;/h9-10,15-20H,5-8,11-14H2,1-4H3;3H,1-2H2;1H;/q;;;+1/p-1. The third kappa shape index (κ3) is 5.94. The zero-order valence-corrected chi connectivity index (χ0v) is 23.7. The Bertz CT molecular complexity index is 1040. The Balaban J connectivity index is 2.42. The van der Waals surface area contributed by atoms with Crippen LogP contribution in [0.25, 0.3) is 11.4 Å². The molecule has 1 aromatic heterocycles. The summed E-state index contributed by atoms with van der Waals surface area (Å²) in [5, 5.41) is 0. The Morgan fingerprint density at radius 3 is 1.35 bits per heavy atom. The summed E-state index contributed by atoms with van der Waals surface area (Å²) < 4.78 is 6.12. The van der Waals surface area contributed by atoms with Crippen LogP contribution in [0, 0.1) is 3.89 Å². The van der Waals surface area contributed by atoms with Gasteiger partial charge in [-0.25, -0.2) is 0 Å². The SMILES string of the molecule is C=C[CH2][Pd]([Cl])=[c]1n(-c2c(CCC)cccc2CCC)ccn1-c1c(CCC)cccc1CCC. The number of allylic oxidation sites excluding steroid dienone is 1. The number of nitrogens with zero attached hydrogens (tertiary/aromatic N) is 2. The molecule has 0 saturated carbocycles. The van der Waals surface area contributed by atoms with Crippen LogP contribution in [-0.4, -0.2) is 9.13 Å². The molecule has 2 nitrogen and oxygen atoms in total. The first kappa shape index (κ1) is 26.9. The van der Waals surface area contributed by atoms with Gasteiger partial charge in [-0.15, -0.1) is 0 Å². The first-order valence-corrected chi connectivity index (χ1v) is 16.7. The van der Waals surface area contributed by atoms with Gasteiger partial charge in [0.15, 0.2) is 0 Å². The van der Waals surface area contributed by atoms with E-state index in [1.54, 1.807) is 0 Å². The molecule has 2 aromatic carbocycles. The molecule has 0 aliphatic rings. The zero-order valence-electron chi connectivity index (χ0n) is 21.4. The molecular weight excluding hydrogens is 530 g/mol. The minimum absolute atomic E-state index is 0.843. The van der Waals surface area contributed by atoms with Crippen LogP contribution in [0.3, 0.4) is 0 Å². The van der Waals surface area contributed by atoms with Crippen molar-refractivity contribution in [3.63, 3.8) is 0 Å². The molecule has 188 valence electrons. The molecule has 3 rings (SSSR count). The van der Waals surface area contributed by atoms with Crippen molar-refractivity contribution < 1.29 is 15.3 Å². The number of hydrogen-bond donors (Lipinski definition) is 0. The van der Waals surface area contributed by atoms with Gasteiger partial charge in [0.05, 0.1) is 0 Å². The predicted molar refractivity (Wildman–Crippen MR) is 145 cm³/mol. The van der Waals surface area contributed by atoms with Crippen LogP contribution in [0.5, 0.6) is 0 Å². The van der Waals surface area contributed by atoms with Crippen LogP contribution >= 0.6 is 9.53 Å². The van der Waals surface area contributed by atoms with Crippen LogP contribution in [0.15, 0.2) is 61.4 Å². The van der Waals surface area contributed by atoms with Gasteiger partial charge < -0.3 is 0 Å². The van der Waals surface area contributed by atoms with Gasteiger partial charge in [-0.2, -0.15) is 0 Å². The Hall–Kier alpha value is -1.66. The summed E-state index contributed by atoms with van der Waals surface area (Å²) in [6, 6.07) is 13.7. The molecule has 0 bridgehead atoms. The summed E-state index contributed by atoms with van der Waals surface area (Å²) in [6.07, 6.45) is 15.3. The van der Waals surface area contributed by atoms with E-state index in [0.29, 0.717) is 0 Å². The predicted octanol–water partition coefficient (Wildman–Crippen LogP) is 8.99. The molecule has 0 amide bonds. The number of benzene rings is 2. The molecule has 4 heteroatoms. The van der Waals surface area contributed by atoms with E-state index in [9.17, 15) is 0 Å². The molecule has 0 unspecified atom stereocenters. The van der Waals surface area contributed by atoms with E-state index in [4.69, 9.17) is 9.53 Å². The molecule has 0 saturated heterocycles. The molecule has 0 N–H and O–H groups in total. The molecule has 0 spiro atoms. The second-order valence-corrected chi connectivity index (χ2v) is 13.1. The molecule has 0 atom stereocenters. The molecule has 0 radical (unpaired) electrons. The summed E-state index contributed by atoms with van der Waals surface area (Å²) in [7, 11) is 7.28. The van der Waals surface area contributed by atoms with Gasteiger partial charge in [-0.3, -0.25) is 0 Å². The fourth-order valence-electron chi connectivity index (χ4n) is 4.78. The Kier molecular flexibility index (Phi) is 10.6. The molecule has 34 heavy (non-hydrogen) atoms. The van der Waals surface area contributed by atoms with Crippen molar-refractivity contribution in [2.24, 2.45) is 0 Å². The minimum atomic E-state index is -1.55. The van der Waals surface area contributed by atoms with Crippen LogP contribution in [0.1, 0.15) is 75.6 Å². The third-order valence-electron chi connectivity index (χ3n) is 6.06. The number of imidazole rings is 1. The maximum atomic E-state index is 7.28. The summed E-state index contributed by atoms with van der Waals surface area (Å²) in [6.45, 7) is 13.1. The van der Waals surface area contributed by atoms with Crippen molar-refractivity contribution >= 4 is 9.53 Å². The van der Waals surface area contributed by atoms with E-state index < -0.39 is 15.3 Å². The molecule has 0 aliphatic carbocycles. The van der Waals surface area contributed by atoms with Crippen molar-refractivity contribution in [1.82, 2.24) is 9.13 Å². The average Bonchev–Trinajstić information content (AvgIpc) is 3.25. The van der Waals surface area contributed by atoms with Crippen LogP contribution in [-0.2, 0) is 41.0 Å². The quantitative estimate of drug-likeness (QED) is 0.152. The van der Waals surface area contributed by atoms with Gasteiger partial charge in [-0.05, 0) is 0 Å². The number of halogens is 1. The first-order chi connectivity index (χ1) is 16.6. The molecule has 3 aromatic rings. The average molecular weight is 572 g/mol. The first-order valence-electron chi connectivity index (χ1n) is 12.8. The zero-order chi connectivity index (χ0) is 24.5. The molecule has 0 aliphatic heterocycles. The van der Waals surface area contributed by atoms with Crippen LogP contribution in [0.4, 0.5) is 0 Å². The topological polar surface area (TPSA) is 9.86 Å². The number of aromatic nitrogens is 2. The van der Waals surface area contributed by atoms with Crippen LogP contribution < -0.4 is 0 Å². The van der Waals surface area contributed by atoms with E-state index >= 15 is 0 Å². The van der Waals surface area contributed by atoms with E-state index in [1.807, 2.05) is 6.08 Å². The fourth-order valence-corrected chi connectivity index (χ4v) is 7.94. The van der Waals surface area contributed by atoms with Gasteiger partial charge in [0.25, 0.3) is 0 Å². The Morgan fingerprint density at radius 1 is 0.706 bits per heavy atom. The van der Waals surface area contributed by atoms with Gasteiger partial charge >= 0.3 is 217 Å². The summed E-state index contributed by atoms with van der Waals surface area (Å²) in [5.74, 6) is 0. The molecule has 1 heterocycles. The second kappa shape index (κ2) is 13.4. The van der Waals surface area contributed by atoms with Crippen molar-refractivity contribution in [3.8, 4) is 11.4 Å². The number of aryl methyl sites for hydroxylation is 4. The van der Waals surface area contributed by atoms with E-state index in [0.717, 1.165) is 56.3 Å². The van der Waals surface area contributed by atoms with Gasteiger partial charge in [0.1, 0.15) is 0 Å². The van der Waals surface area contributed by atoms with Crippen molar-refractivity contribution in [2.75, 3.05) is 0 Å². The molecule has 0 fully saturated rings. The fraction of sp³-hybridized carbons (Fsp3) is 0.433. The van der Waals surface area contributed by atoms with E-state index in [1.165, 1.54) is 37.5 Å². The summed E-state index contributed by atoms with van der Waals surface area (Å²) >= 11 is -1.55. The Labute approximate surface area is 216 Å².